The molecule has 2 nitrogen and oxygen atoms in total. The van der Waals surface area contributed by atoms with Crippen LogP contribution >= 0.6 is 22.6 Å². The maximum absolute atomic E-state index is 12.8. The molecule has 4 aliphatic rings. The van der Waals surface area contributed by atoms with Crippen molar-refractivity contribution in [1.82, 2.24) is 0 Å². The Balaban J connectivity index is 1.58. The smallest absolute Gasteiger partial charge is 0.310 e. The summed E-state index contributed by atoms with van der Waals surface area (Å²) in [5.74, 6) is 1.96. The van der Waals surface area contributed by atoms with Crippen molar-refractivity contribution in [3.05, 3.63) is 12.2 Å². The van der Waals surface area contributed by atoms with Crippen LogP contribution in [0.1, 0.15) is 52.9 Å². The third-order valence-electron chi connectivity index (χ3n) is 7.19. The van der Waals surface area contributed by atoms with Crippen LogP contribution < -0.4 is 0 Å². The molecule has 3 fully saturated rings. The summed E-state index contributed by atoms with van der Waals surface area (Å²) < 4.78 is 5.97. The molecule has 0 saturated heterocycles. The number of allylic oxidation sites excluding steroid dienone is 2. The molecule has 3 heteroatoms. The first-order valence-corrected chi connectivity index (χ1v) is 9.45. The average molecular weight is 400 g/mol. The molecule has 21 heavy (non-hydrogen) atoms. The zero-order valence-corrected chi connectivity index (χ0v) is 15.4. The predicted molar refractivity (Wildman–Crippen MR) is 90.9 cm³/mol. The van der Waals surface area contributed by atoms with Crippen molar-refractivity contribution in [1.29, 1.82) is 0 Å². The van der Waals surface area contributed by atoms with Gasteiger partial charge in [-0.15, -0.1) is 0 Å². The van der Waals surface area contributed by atoms with Gasteiger partial charge in [-0.05, 0) is 72.4 Å². The second-order valence-corrected chi connectivity index (χ2v) is 10.1. The van der Waals surface area contributed by atoms with Crippen LogP contribution in [-0.4, -0.2) is 9.58 Å². The largest absolute Gasteiger partial charge is 0.447 e. The topological polar surface area (TPSA) is 26.3 Å². The molecule has 116 valence electrons. The number of carbonyl (C=O) groups is 1. The molecule has 0 aliphatic heterocycles. The molecule has 0 heterocycles. The van der Waals surface area contributed by atoms with E-state index < -0.39 is 0 Å². The Morgan fingerprint density at radius 1 is 1.24 bits per heavy atom. The van der Waals surface area contributed by atoms with E-state index in [1.54, 1.807) is 0 Å². The van der Waals surface area contributed by atoms with Crippen LogP contribution in [0.5, 0.6) is 0 Å². The first-order chi connectivity index (χ1) is 9.77. The molecule has 3 saturated carbocycles. The Bertz CT molecular complexity index is 519. The highest BCUT2D eigenvalue weighted by Crippen LogP contribution is 2.72. The van der Waals surface area contributed by atoms with Gasteiger partial charge in [0.05, 0.1) is 5.92 Å². The van der Waals surface area contributed by atoms with Crippen LogP contribution in [-0.2, 0) is 9.53 Å². The van der Waals surface area contributed by atoms with E-state index in [0.29, 0.717) is 17.8 Å². The third-order valence-corrected chi connectivity index (χ3v) is 10.1. The molecule has 6 atom stereocenters. The fourth-order valence-corrected chi connectivity index (χ4v) is 6.86. The number of halogens is 1. The van der Waals surface area contributed by atoms with Gasteiger partial charge in [-0.1, -0.05) is 32.9 Å². The number of ether oxygens (including phenoxy) is 1. The molecular weight excluding hydrogens is 375 g/mol. The van der Waals surface area contributed by atoms with Gasteiger partial charge in [-0.25, -0.2) is 0 Å². The first-order valence-electron chi connectivity index (χ1n) is 8.37. The van der Waals surface area contributed by atoms with Crippen LogP contribution in [0.15, 0.2) is 12.2 Å². The second-order valence-electron chi connectivity index (χ2n) is 8.63. The summed E-state index contributed by atoms with van der Waals surface area (Å²) in [6.07, 6.45) is 10.4. The monoisotopic (exact) mass is 400 g/mol. The van der Waals surface area contributed by atoms with Gasteiger partial charge in [0, 0.05) is 10.8 Å². The lowest BCUT2D eigenvalue weighted by Gasteiger charge is -2.49. The maximum Gasteiger partial charge on any atom is 0.310 e. The van der Waals surface area contributed by atoms with Crippen molar-refractivity contribution < 1.29 is 9.53 Å². The van der Waals surface area contributed by atoms with Crippen molar-refractivity contribution in [2.24, 2.45) is 34.5 Å². The Morgan fingerprint density at radius 2 is 2.00 bits per heavy atom. The lowest BCUT2D eigenvalue weighted by molar-refractivity contribution is -0.174. The van der Waals surface area contributed by atoms with Crippen molar-refractivity contribution >= 4 is 28.6 Å². The van der Waals surface area contributed by atoms with E-state index in [1.807, 2.05) is 0 Å². The summed E-state index contributed by atoms with van der Waals surface area (Å²) in [7, 11) is 0. The van der Waals surface area contributed by atoms with Gasteiger partial charge in [-0.2, -0.15) is 0 Å². The second kappa shape index (κ2) is 4.27. The lowest BCUT2D eigenvalue weighted by atomic mass is 9.70. The lowest BCUT2D eigenvalue weighted by Crippen LogP contribution is -2.53. The van der Waals surface area contributed by atoms with E-state index in [-0.39, 0.29) is 26.3 Å². The van der Waals surface area contributed by atoms with Gasteiger partial charge >= 0.3 is 5.97 Å². The maximum atomic E-state index is 12.8. The third kappa shape index (κ3) is 1.73. The van der Waals surface area contributed by atoms with Crippen molar-refractivity contribution in [3.8, 4) is 0 Å². The Hall–Kier alpha value is -0.0600. The fourth-order valence-electron chi connectivity index (χ4n) is 5.71. The predicted octanol–water partition coefficient (Wildman–Crippen LogP) is 4.72. The Morgan fingerprint density at radius 3 is 2.52 bits per heavy atom. The average Bonchev–Trinajstić information content (AvgIpc) is 3.13. The summed E-state index contributed by atoms with van der Waals surface area (Å²) in [5.41, 5.74) is 0.245. The Labute approximate surface area is 141 Å². The van der Waals surface area contributed by atoms with Gasteiger partial charge in [0.25, 0.3) is 0 Å². The zero-order valence-electron chi connectivity index (χ0n) is 13.2. The molecule has 6 unspecified atom stereocenters. The molecule has 0 N–H and O–H groups in total. The van der Waals surface area contributed by atoms with Crippen LogP contribution in [0.2, 0.25) is 0 Å². The standard InChI is InChI=1S/C18H25IO2/c1-16(2)13-6-7-17(3,10-13)18(16,19)21-15(20)14-9-11-4-5-12(14)8-11/h4-5,11-14H,6-10H2,1-3H3. The van der Waals surface area contributed by atoms with Gasteiger partial charge in [0.2, 0.25) is 0 Å². The number of esters is 1. The number of hydrogen-bond donors (Lipinski definition) is 0. The number of fused-ring (bicyclic) bond motifs is 4. The van der Waals surface area contributed by atoms with Gasteiger partial charge < -0.3 is 4.74 Å². The highest BCUT2D eigenvalue weighted by Gasteiger charge is 2.70. The van der Waals surface area contributed by atoms with Gasteiger partial charge in [-0.3, -0.25) is 4.79 Å². The van der Waals surface area contributed by atoms with Gasteiger partial charge in [0.1, 0.15) is 0 Å². The molecule has 4 rings (SSSR count). The summed E-state index contributed by atoms with van der Waals surface area (Å²) in [4.78, 5) is 12.8. The van der Waals surface area contributed by atoms with E-state index in [4.69, 9.17) is 4.74 Å². The molecule has 0 radical (unpaired) electrons. The molecule has 4 bridgehead atoms. The van der Waals surface area contributed by atoms with Crippen LogP contribution in [0.4, 0.5) is 0 Å². The summed E-state index contributed by atoms with van der Waals surface area (Å²) in [6.45, 7) is 6.95. The fraction of sp³-hybridized carbons (Fsp3) is 0.833. The zero-order chi connectivity index (χ0) is 15.0. The minimum atomic E-state index is -0.330. The highest BCUT2D eigenvalue weighted by atomic mass is 127. The summed E-state index contributed by atoms with van der Waals surface area (Å²) >= 11 is 2.49. The van der Waals surface area contributed by atoms with Crippen LogP contribution in [0.25, 0.3) is 0 Å². The Kier molecular flexibility index (Phi) is 2.95. The minimum absolute atomic E-state index is 0.0723. The van der Waals surface area contributed by atoms with E-state index in [2.05, 4.69) is 55.5 Å². The molecule has 0 spiro atoms. The highest BCUT2D eigenvalue weighted by molar-refractivity contribution is 14.1. The number of alkyl halides is 1. The minimum Gasteiger partial charge on any atom is -0.447 e. The summed E-state index contributed by atoms with van der Waals surface area (Å²) in [6, 6.07) is 0. The van der Waals surface area contributed by atoms with Crippen LogP contribution in [0.3, 0.4) is 0 Å². The quantitative estimate of drug-likeness (QED) is 0.290. The molecular formula is C18H25IO2. The number of carbonyl (C=O) groups excluding carboxylic acids is 1. The molecule has 0 aromatic rings. The number of hydrogen-bond acceptors (Lipinski definition) is 2. The van der Waals surface area contributed by atoms with E-state index in [0.717, 1.165) is 12.8 Å². The van der Waals surface area contributed by atoms with Crippen molar-refractivity contribution in [3.63, 3.8) is 0 Å². The molecule has 0 aromatic heterocycles. The van der Waals surface area contributed by atoms with Crippen LogP contribution in [0, 0.1) is 34.5 Å². The number of rotatable bonds is 2. The van der Waals surface area contributed by atoms with E-state index >= 15 is 0 Å². The molecule has 0 aromatic carbocycles. The summed E-state index contributed by atoms with van der Waals surface area (Å²) in [5, 5.41) is 0. The van der Waals surface area contributed by atoms with E-state index in [1.165, 1.54) is 19.3 Å². The van der Waals surface area contributed by atoms with E-state index in [9.17, 15) is 4.79 Å². The molecule has 4 aliphatic carbocycles. The SMILES string of the molecule is CC12CCC(C1)C(C)(C)C2(I)OC(=O)C1CC2C=CC1C2. The molecule has 0 amide bonds. The normalized spacial score (nSPS) is 52.6. The van der Waals surface area contributed by atoms with Crippen molar-refractivity contribution in [2.45, 2.75) is 56.5 Å². The first kappa shape index (κ1) is 14.5. The van der Waals surface area contributed by atoms with Crippen molar-refractivity contribution in [2.75, 3.05) is 0 Å². The van der Waals surface area contributed by atoms with Gasteiger partial charge in [0.15, 0.2) is 3.61 Å².